The van der Waals surface area contributed by atoms with Crippen LogP contribution in [0.2, 0.25) is 5.02 Å². The summed E-state index contributed by atoms with van der Waals surface area (Å²) in [5, 5.41) is 14.3. The van der Waals surface area contributed by atoms with Crippen LogP contribution in [-0.4, -0.2) is 32.8 Å². The quantitative estimate of drug-likeness (QED) is 0.377. The van der Waals surface area contributed by atoms with Crippen molar-refractivity contribution in [3.8, 4) is 0 Å². The van der Waals surface area contributed by atoms with Gasteiger partial charge in [-0.1, -0.05) is 29.8 Å². The Morgan fingerprint density at radius 3 is 2.35 bits per heavy atom. The minimum Gasteiger partial charge on any atom is -0.305 e. The first-order valence-corrected chi connectivity index (χ1v) is 10.5. The lowest BCUT2D eigenvalue weighted by molar-refractivity contribution is 0.497. The summed E-state index contributed by atoms with van der Waals surface area (Å²) < 4.78 is 48.0. The fourth-order valence-electron chi connectivity index (χ4n) is 2.47. The van der Waals surface area contributed by atoms with Crippen LogP contribution in [0.15, 0.2) is 64.5 Å². The Balaban J connectivity index is 2.42. The molecule has 0 atom stereocenters. The molecular formula is C16H14ClN3O4S2. The van der Waals surface area contributed by atoms with Crippen molar-refractivity contribution in [3.63, 3.8) is 0 Å². The Morgan fingerprint density at radius 2 is 1.73 bits per heavy atom. The zero-order chi connectivity index (χ0) is 19.1. The highest BCUT2D eigenvalue weighted by Crippen LogP contribution is 2.51. The van der Waals surface area contributed by atoms with Crippen LogP contribution < -0.4 is 0 Å². The molecule has 0 amide bonds. The smallest absolute Gasteiger partial charge is 0.269 e. The maximum absolute atomic E-state index is 13.2. The molecule has 4 N–H and O–H groups in total. The van der Waals surface area contributed by atoms with Crippen LogP contribution in [-0.2, 0) is 10.0 Å². The van der Waals surface area contributed by atoms with Crippen molar-refractivity contribution in [1.29, 1.82) is 10.8 Å². The van der Waals surface area contributed by atoms with Gasteiger partial charge in [0.25, 0.3) is 10.0 Å². The SMILES string of the molecule is N=CC(=N)S(O)(O)c1cc2cc(Cl)ccc2n1S(=O)(=O)c1ccccc1. The van der Waals surface area contributed by atoms with Crippen LogP contribution in [0.4, 0.5) is 0 Å². The van der Waals surface area contributed by atoms with Crippen LogP contribution in [0.5, 0.6) is 0 Å². The Labute approximate surface area is 156 Å². The number of fused-ring (bicyclic) bond motifs is 1. The van der Waals surface area contributed by atoms with E-state index in [1.165, 1.54) is 36.4 Å². The first-order valence-electron chi connectivity index (χ1n) is 7.18. The van der Waals surface area contributed by atoms with E-state index in [9.17, 15) is 17.5 Å². The summed E-state index contributed by atoms with van der Waals surface area (Å²) in [4.78, 5) is -0.0507. The van der Waals surface area contributed by atoms with Crippen LogP contribution >= 0.6 is 22.2 Å². The van der Waals surface area contributed by atoms with Crippen LogP contribution in [0.25, 0.3) is 10.9 Å². The molecule has 26 heavy (non-hydrogen) atoms. The first-order chi connectivity index (χ1) is 12.2. The number of nitrogens with one attached hydrogen (secondary N) is 2. The van der Waals surface area contributed by atoms with E-state index in [1.54, 1.807) is 18.2 Å². The van der Waals surface area contributed by atoms with Gasteiger partial charge in [-0.15, -0.1) is 10.6 Å². The zero-order valence-corrected chi connectivity index (χ0v) is 15.5. The number of halogens is 1. The maximum Gasteiger partial charge on any atom is 0.269 e. The van der Waals surface area contributed by atoms with Gasteiger partial charge in [-0.3, -0.25) is 14.5 Å². The zero-order valence-electron chi connectivity index (χ0n) is 13.1. The average Bonchev–Trinajstić information content (AvgIpc) is 3.01. The lowest BCUT2D eigenvalue weighted by Gasteiger charge is -2.31. The Hall–Kier alpha value is -2.17. The Kier molecular flexibility index (Phi) is 4.67. The van der Waals surface area contributed by atoms with E-state index in [0.29, 0.717) is 16.6 Å². The molecule has 0 unspecified atom stereocenters. The number of rotatable bonds is 4. The molecule has 0 aliphatic rings. The fraction of sp³-hybridized carbons (Fsp3) is 0. The Bertz CT molecular complexity index is 1130. The summed E-state index contributed by atoms with van der Waals surface area (Å²) in [6.45, 7) is 0. The summed E-state index contributed by atoms with van der Waals surface area (Å²) in [5.74, 6) is 0. The van der Waals surface area contributed by atoms with E-state index < -0.39 is 30.7 Å². The van der Waals surface area contributed by atoms with E-state index in [4.69, 9.17) is 22.4 Å². The molecule has 10 heteroatoms. The third kappa shape index (κ3) is 2.93. The summed E-state index contributed by atoms with van der Waals surface area (Å²) >= 11 is 5.96. The van der Waals surface area contributed by atoms with Crippen molar-refractivity contribution in [2.75, 3.05) is 0 Å². The van der Waals surface area contributed by atoms with Gasteiger partial charge in [-0.05, 0) is 36.4 Å². The molecule has 7 nitrogen and oxygen atoms in total. The summed E-state index contributed by atoms with van der Waals surface area (Å²) in [7, 11) is -8.19. The number of hydrogen-bond acceptors (Lipinski definition) is 6. The van der Waals surface area contributed by atoms with Crippen molar-refractivity contribution in [1.82, 2.24) is 3.97 Å². The number of aromatic nitrogens is 1. The molecule has 0 saturated heterocycles. The van der Waals surface area contributed by atoms with E-state index in [2.05, 4.69) is 0 Å². The number of benzene rings is 2. The molecule has 0 fully saturated rings. The molecule has 0 spiro atoms. The first kappa shape index (κ1) is 18.6. The molecule has 1 heterocycles. The van der Waals surface area contributed by atoms with Gasteiger partial charge >= 0.3 is 0 Å². The molecule has 0 aliphatic heterocycles. The standard InChI is InChI=1S/C16H14ClN3O4S2/c17-12-6-7-14-11(8-12)9-16(25(21,22)15(19)10-18)20(14)26(23,24)13-4-2-1-3-5-13/h1-10,18-19,21-22H. The van der Waals surface area contributed by atoms with Gasteiger partial charge in [-0.25, -0.2) is 12.4 Å². The molecule has 0 saturated carbocycles. The van der Waals surface area contributed by atoms with E-state index in [0.717, 1.165) is 3.97 Å². The molecule has 0 bridgehead atoms. The van der Waals surface area contributed by atoms with Gasteiger partial charge in [0, 0.05) is 10.4 Å². The summed E-state index contributed by atoms with van der Waals surface area (Å²) in [6, 6.07) is 13.2. The third-order valence-electron chi connectivity index (χ3n) is 3.70. The molecule has 3 aromatic rings. The highest BCUT2D eigenvalue weighted by atomic mass is 35.5. The molecule has 1 aromatic heterocycles. The minimum atomic E-state index is -4.19. The van der Waals surface area contributed by atoms with E-state index in [1.807, 2.05) is 0 Å². The number of nitrogens with zero attached hydrogens (tertiary/aromatic N) is 1. The molecule has 0 radical (unpaired) electrons. The molecule has 136 valence electrons. The maximum atomic E-state index is 13.2. The monoisotopic (exact) mass is 411 g/mol. The van der Waals surface area contributed by atoms with Gasteiger partial charge in [0.2, 0.25) is 0 Å². The van der Waals surface area contributed by atoms with E-state index in [-0.39, 0.29) is 10.4 Å². The summed E-state index contributed by atoms with van der Waals surface area (Å²) in [5.41, 5.74) is 0.186. The average molecular weight is 412 g/mol. The van der Waals surface area contributed by atoms with Gasteiger partial charge < -0.3 is 5.41 Å². The van der Waals surface area contributed by atoms with Crippen LogP contribution in [0.3, 0.4) is 0 Å². The van der Waals surface area contributed by atoms with Crippen molar-refractivity contribution < 1.29 is 17.5 Å². The largest absolute Gasteiger partial charge is 0.305 e. The topological polar surface area (TPSA) is 127 Å². The third-order valence-corrected chi connectivity index (χ3v) is 7.41. The Morgan fingerprint density at radius 1 is 1.08 bits per heavy atom. The lowest BCUT2D eigenvalue weighted by Crippen LogP contribution is -2.20. The number of hydrogen-bond donors (Lipinski definition) is 4. The van der Waals surface area contributed by atoms with Crippen molar-refractivity contribution >= 4 is 54.4 Å². The van der Waals surface area contributed by atoms with Crippen molar-refractivity contribution in [2.45, 2.75) is 9.92 Å². The molecule has 0 aliphatic carbocycles. The summed E-state index contributed by atoms with van der Waals surface area (Å²) in [6.07, 6.45) is 0.472. The second-order valence-corrected chi connectivity index (χ2v) is 9.50. The predicted octanol–water partition coefficient (Wildman–Crippen LogP) is 4.27. The van der Waals surface area contributed by atoms with Gasteiger partial charge in [0.1, 0.15) is 5.03 Å². The highest BCUT2D eigenvalue weighted by molar-refractivity contribution is 8.38. The second-order valence-electron chi connectivity index (χ2n) is 5.33. The van der Waals surface area contributed by atoms with Gasteiger partial charge in [0.05, 0.1) is 16.6 Å². The van der Waals surface area contributed by atoms with E-state index >= 15 is 0 Å². The fourth-order valence-corrected chi connectivity index (χ4v) is 5.70. The van der Waals surface area contributed by atoms with Gasteiger partial charge in [0.15, 0.2) is 5.04 Å². The van der Waals surface area contributed by atoms with Crippen LogP contribution in [0, 0.1) is 10.8 Å². The van der Waals surface area contributed by atoms with Crippen molar-refractivity contribution in [2.24, 2.45) is 0 Å². The van der Waals surface area contributed by atoms with Crippen LogP contribution in [0.1, 0.15) is 0 Å². The normalized spacial score (nSPS) is 12.9. The molecule has 2 aromatic carbocycles. The van der Waals surface area contributed by atoms with Gasteiger partial charge in [-0.2, -0.15) is 0 Å². The van der Waals surface area contributed by atoms with Crippen molar-refractivity contribution in [3.05, 3.63) is 59.6 Å². The molecule has 3 rings (SSSR count). The predicted molar refractivity (Wildman–Crippen MR) is 104 cm³/mol. The lowest BCUT2D eigenvalue weighted by atomic mass is 10.2. The second kappa shape index (κ2) is 6.53. The molecular weight excluding hydrogens is 398 g/mol. The minimum absolute atomic E-state index is 0.0507. The highest BCUT2D eigenvalue weighted by Gasteiger charge is 2.32.